The summed E-state index contributed by atoms with van der Waals surface area (Å²) in [6, 6.07) is 11.7. The first-order valence-corrected chi connectivity index (χ1v) is 11.6. The molecule has 1 N–H and O–H groups in total. The molecule has 0 spiro atoms. The lowest BCUT2D eigenvalue weighted by atomic mass is 9.97. The van der Waals surface area contributed by atoms with Gasteiger partial charge < -0.3 is 15.1 Å². The number of halogens is 1. The van der Waals surface area contributed by atoms with E-state index >= 15 is 0 Å². The molecule has 2 aromatic heterocycles. The van der Waals surface area contributed by atoms with Crippen molar-refractivity contribution in [1.29, 1.82) is 0 Å². The summed E-state index contributed by atoms with van der Waals surface area (Å²) in [7, 11) is 2.08. The van der Waals surface area contributed by atoms with E-state index in [4.69, 9.17) is 4.98 Å². The zero-order valence-electron chi connectivity index (χ0n) is 19.4. The molecule has 168 valence electrons. The van der Waals surface area contributed by atoms with E-state index in [1.54, 1.807) is 25.2 Å². The van der Waals surface area contributed by atoms with Crippen LogP contribution in [0.5, 0.6) is 0 Å². The van der Waals surface area contributed by atoms with E-state index in [1.165, 1.54) is 4.88 Å². The Labute approximate surface area is 193 Å². The summed E-state index contributed by atoms with van der Waals surface area (Å²) in [4.78, 5) is 15.1. The smallest absolute Gasteiger partial charge is 0.188 e. The first-order chi connectivity index (χ1) is 15.1. The number of anilines is 3. The Morgan fingerprint density at radius 1 is 1.16 bits per heavy atom. The highest BCUT2D eigenvalue weighted by Gasteiger charge is 2.24. The number of benzene rings is 1. The van der Waals surface area contributed by atoms with Gasteiger partial charge in [-0.25, -0.2) is 14.4 Å². The number of fused-ring (bicyclic) bond motifs is 1. The van der Waals surface area contributed by atoms with Crippen LogP contribution < -0.4 is 15.1 Å². The third-order valence-corrected chi connectivity index (χ3v) is 6.84. The molecule has 3 aromatic rings. The Kier molecular flexibility index (Phi) is 5.95. The summed E-state index contributed by atoms with van der Waals surface area (Å²) in [6.07, 6.45) is 0.977. The summed E-state index contributed by atoms with van der Waals surface area (Å²) in [6.45, 7) is 13.2. The van der Waals surface area contributed by atoms with Gasteiger partial charge in [-0.05, 0) is 57.9 Å². The van der Waals surface area contributed by atoms with Crippen LogP contribution in [0.3, 0.4) is 0 Å². The van der Waals surface area contributed by atoms with E-state index in [0.29, 0.717) is 5.56 Å². The number of nitrogens with one attached hydrogen (secondary N) is 1. The van der Waals surface area contributed by atoms with E-state index < -0.39 is 5.67 Å². The molecule has 5 nitrogen and oxygen atoms in total. The quantitative estimate of drug-likeness (QED) is 0.496. The van der Waals surface area contributed by atoms with Crippen molar-refractivity contribution in [3.05, 3.63) is 64.9 Å². The van der Waals surface area contributed by atoms with Gasteiger partial charge in [0, 0.05) is 30.6 Å². The van der Waals surface area contributed by atoms with Gasteiger partial charge in [0.05, 0.1) is 17.1 Å². The maximum atomic E-state index is 14.5. The molecular weight excluding hydrogens is 421 g/mol. The minimum absolute atomic E-state index is 0.640. The number of hydrogen-bond acceptors (Lipinski definition) is 6. The number of thiazole rings is 1. The Morgan fingerprint density at radius 2 is 1.94 bits per heavy atom. The maximum Gasteiger partial charge on any atom is 0.188 e. The van der Waals surface area contributed by atoms with Gasteiger partial charge >= 0.3 is 0 Å². The van der Waals surface area contributed by atoms with Gasteiger partial charge in [0.25, 0.3) is 0 Å². The number of aryl methyl sites for hydroxylation is 2. The molecule has 0 saturated heterocycles. The van der Waals surface area contributed by atoms with E-state index in [1.807, 2.05) is 37.3 Å². The van der Waals surface area contributed by atoms with Crippen LogP contribution in [0.25, 0.3) is 11.3 Å². The van der Waals surface area contributed by atoms with Crippen molar-refractivity contribution in [2.75, 3.05) is 35.3 Å². The summed E-state index contributed by atoms with van der Waals surface area (Å²) >= 11 is 1.62. The van der Waals surface area contributed by atoms with Crippen LogP contribution in [0.1, 0.15) is 36.4 Å². The molecule has 0 saturated carbocycles. The molecule has 1 aliphatic heterocycles. The van der Waals surface area contributed by atoms with Crippen LogP contribution in [0.2, 0.25) is 0 Å². The molecule has 0 fully saturated rings. The molecule has 0 amide bonds. The summed E-state index contributed by atoms with van der Waals surface area (Å²) in [5.41, 5.74) is 3.01. The Bertz CT molecular complexity index is 1130. The van der Waals surface area contributed by atoms with E-state index in [9.17, 15) is 4.39 Å². The lowest BCUT2D eigenvalue weighted by molar-refractivity contribution is 0.221. The van der Waals surface area contributed by atoms with Crippen molar-refractivity contribution in [3.63, 3.8) is 0 Å². The fourth-order valence-corrected chi connectivity index (χ4v) is 4.65. The fourth-order valence-electron chi connectivity index (χ4n) is 3.82. The molecule has 0 bridgehead atoms. The van der Waals surface area contributed by atoms with Crippen molar-refractivity contribution in [3.8, 4) is 11.3 Å². The minimum atomic E-state index is -1.41. The van der Waals surface area contributed by atoms with Crippen LogP contribution in [0, 0.1) is 13.8 Å². The molecule has 1 aromatic carbocycles. The third-order valence-electron chi connectivity index (χ3n) is 5.85. The molecule has 7 heteroatoms. The van der Waals surface area contributed by atoms with Gasteiger partial charge in [0.1, 0.15) is 11.5 Å². The average Bonchev–Trinajstić information content (AvgIpc) is 2.96. The lowest BCUT2D eigenvalue weighted by Crippen LogP contribution is -2.28. The number of rotatable bonds is 5. The van der Waals surface area contributed by atoms with Crippen molar-refractivity contribution in [2.45, 2.75) is 39.8 Å². The van der Waals surface area contributed by atoms with Crippen LogP contribution in [-0.4, -0.2) is 30.1 Å². The average molecular weight is 452 g/mol. The highest BCUT2D eigenvalue weighted by atomic mass is 32.1. The minimum Gasteiger partial charge on any atom is -0.372 e. The second-order valence-corrected chi connectivity index (χ2v) is 9.95. The molecule has 4 rings (SSSR count). The first-order valence-electron chi connectivity index (χ1n) is 10.8. The van der Waals surface area contributed by atoms with Gasteiger partial charge in [0.2, 0.25) is 0 Å². The standard InChI is InChI=1S/C25H30FN5S/c1-16-17(2)32-24(27-16)28-18(3)31-14-8-13-30(6)22-12-11-21(29-23(22)31)19-9-7-10-20(15-19)25(4,5)26/h7,9-12,15H,3,8,13-14H2,1-2,4-6H3,(H,27,28). The Hall–Kier alpha value is -2.93. The third kappa shape index (κ3) is 4.48. The Balaban J connectivity index is 1.72. The van der Waals surface area contributed by atoms with Gasteiger partial charge in [-0.1, -0.05) is 24.8 Å². The van der Waals surface area contributed by atoms with Crippen molar-refractivity contribution >= 4 is 28.0 Å². The number of hydrogen-bond donors (Lipinski definition) is 1. The van der Waals surface area contributed by atoms with Crippen LogP contribution in [0.15, 0.2) is 48.8 Å². The highest BCUT2D eigenvalue weighted by molar-refractivity contribution is 7.15. The first kappa shape index (κ1) is 22.3. The summed E-state index contributed by atoms with van der Waals surface area (Å²) < 4.78 is 14.5. The molecule has 0 atom stereocenters. The SMILES string of the molecule is C=C(Nc1nc(C)c(C)s1)N1CCCN(C)c2ccc(-c3cccc(C(C)(C)F)c3)nc21. The zero-order valence-corrected chi connectivity index (χ0v) is 20.2. The largest absolute Gasteiger partial charge is 0.372 e. The summed E-state index contributed by atoms with van der Waals surface area (Å²) in [5, 5.41) is 4.21. The molecule has 0 unspecified atom stereocenters. The van der Waals surface area contributed by atoms with E-state index in [-0.39, 0.29) is 0 Å². The van der Waals surface area contributed by atoms with Crippen molar-refractivity contribution in [1.82, 2.24) is 9.97 Å². The maximum absolute atomic E-state index is 14.5. The van der Waals surface area contributed by atoms with Crippen LogP contribution >= 0.6 is 11.3 Å². The molecule has 32 heavy (non-hydrogen) atoms. The predicted octanol–water partition coefficient (Wildman–Crippen LogP) is 6.26. The molecule has 1 aliphatic rings. The van der Waals surface area contributed by atoms with Crippen LogP contribution in [-0.2, 0) is 5.67 Å². The zero-order chi connectivity index (χ0) is 23.0. The fraction of sp³-hybridized carbons (Fsp3) is 0.360. The van der Waals surface area contributed by atoms with Gasteiger partial charge in [-0.3, -0.25) is 0 Å². The molecule has 0 radical (unpaired) electrons. The summed E-state index contributed by atoms with van der Waals surface area (Å²) in [5.74, 6) is 1.59. The van der Waals surface area contributed by atoms with Crippen molar-refractivity contribution < 1.29 is 4.39 Å². The second-order valence-electron chi connectivity index (χ2n) is 8.75. The Morgan fingerprint density at radius 3 is 2.62 bits per heavy atom. The normalized spacial score (nSPS) is 14.2. The van der Waals surface area contributed by atoms with Gasteiger partial charge in [-0.15, -0.1) is 11.3 Å². The molecule has 3 heterocycles. The number of pyridine rings is 1. The topological polar surface area (TPSA) is 44.3 Å². The van der Waals surface area contributed by atoms with Gasteiger partial charge in [0.15, 0.2) is 10.9 Å². The number of alkyl halides is 1. The predicted molar refractivity (Wildman–Crippen MR) is 133 cm³/mol. The van der Waals surface area contributed by atoms with Crippen molar-refractivity contribution in [2.24, 2.45) is 0 Å². The monoisotopic (exact) mass is 451 g/mol. The lowest BCUT2D eigenvalue weighted by Gasteiger charge is -2.27. The van der Waals surface area contributed by atoms with E-state index in [2.05, 4.69) is 46.7 Å². The van der Waals surface area contributed by atoms with Gasteiger partial charge in [-0.2, -0.15) is 0 Å². The highest BCUT2D eigenvalue weighted by Crippen LogP contribution is 2.36. The number of nitrogens with zero attached hydrogens (tertiary/aromatic N) is 4. The van der Waals surface area contributed by atoms with E-state index in [0.717, 1.165) is 58.9 Å². The second kappa shape index (κ2) is 8.54. The molecular formula is C25H30FN5S. The number of aromatic nitrogens is 2. The molecule has 0 aliphatic carbocycles. The van der Waals surface area contributed by atoms with Crippen LogP contribution in [0.4, 0.5) is 21.0 Å².